The molecule has 1 rings (SSSR count). The Balaban J connectivity index is 2.67. The zero-order valence-electron chi connectivity index (χ0n) is 7.62. The molecule has 3 heteroatoms. The number of amidine groups is 1. The molecule has 0 radical (unpaired) electrons. The van der Waals surface area contributed by atoms with E-state index in [0.29, 0.717) is 0 Å². The topological polar surface area (TPSA) is 48.2 Å². The fraction of sp³-hybridized carbons (Fsp3) is 0.200. The van der Waals surface area contributed by atoms with Crippen LogP contribution in [0.15, 0.2) is 35.3 Å². The van der Waals surface area contributed by atoms with E-state index < -0.39 is 0 Å². The van der Waals surface area contributed by atoms with E-state index in [2.05, 4.69) is 10.3 Å². The Morgan fingerprint density at radius 2 is 2.15 bits per heavy atom. The molecule has 0 saturated carbocycles. The van der Waals surface area contributed by atoms with Gasteiger partial charge in [0.05, 0.1) is 0 Å². The van der Waals surface area contributed by atoms with Crippen molar-refractivity contribution in [3.05, 3.63) is 30.3 Å². The van der Waals surface area contributed by atoms with Gasteiger partial charge in [-0.3, -0.25) is 5.41 Å². The van der Waals surface area contributed by atoms with E-state index in [0.717, 1.165) is 24.3 Å². The summed E-state index contributed by atoms with van der Waals surface area (Å²) < 4.78 is 0. The lowest BCUT2D eigenvalue weighted by atomic mass is 10.3. The third kappa shape index (κ3) is 3.07. The Kier molecular flexibility index (Phi) is 3.70. The average molecular weight is 175 g/mol. The largest absolute Gasteiger partial charge is 0.344 e. The van der Waals surface area contributed by atoms with Crippen LogP contribution >= 0.6 is 0 Å². The molecular weight excluding hydrogens is 162 g/mol. The molecule has 0 heterocycles. The number of rotatable bonds is 3. The number of aliphatic imine (C=N–C) groups is 1. The molecule has 68 valence electrons. The first-order valence-corrected chi connectivity index (χ1v) is 4.24. The number of hydrogen-bond acceptors (Lipinski definition) is 1. The van der Waals surface area contributed by atoms with Crippen LogP contribution in [0.25, 0.3) is 0 Å². The van der Waals surface area contributed by atoms with E-state index in [9.17, 15) is 0 Å². The van der Waals surface area contributed by atoms with Crippen LogP contribution in [0.4, 0.5) is 5.69 Å². The summed E-state index contributed by atoms with van der Waals surface area (Å²) in [6, 6.07) is 9.81. The first-order chi connectivity index (χ1) is 6.36. The van der Waals surface area contributed by atoms with E-state index >= 15 is 0 Å². The maximum absolute atomic E-state index is 6.85. The zero-order valence-corrected chi connectivity index (χ0v) is 7.62. The fourth-order valence-corrected chi connectivity index (χ4v) is 0.978. The van der Waals surface area contributed by atoms with Crippen LogP contribution in [0.2, 0.25) is 0 Å². The van der Waals surface area contributed by atoms with Gasteiger partial charge in [0.25, 0.3) is 0 Å². The average Bonchev–Trinajstić information content (AvgIpc) is 2.19. The number of nitrogens with one attached hydrogen (secondary N) is 2. The summed E-state index contributed by atoms with van der Waals surface area (Å²) in [6.45, 7) is 2.00. The van der Waals surface area contributed by atoms with Crippen molar-refractivity contribution in [2.24, 2.45) is 4.99 Å². The van der Waals surface area contributed by atoms with Crippen molar-refractivity contribution in [1.29, 1.82) is 5.41 Å². The highest BCUT2D eigenvalue weighted by molar-refractivity contribution is 5.98. The third-order valence-electron chi connectivity index (χ3n) is 1.62. The van der Waals surface area contributed by atoms with Gasteiger partial charge >= 0.3 is 0 Å². The van der Waals surface area contributed by atoms with Gasteiger partial charge in [0, 0.05) is 12.1 Å². The maximum atomic E-state index is 6.85. The molecule has 3 nitrogen and oxygen atoms in total. The summed E-state index contributed by atoms with van der Waals surface area (Å²) in [4.78, 5) is 3.89. The number of nitrogens with zero attached hydrogens (tertiary/aromatic N) is 1. The Labute approximate surface area is 78.0 Å². The predicted octanol–water partition coefficient (Wildman–Crippen LogP) is 2.51. The van der Waals surface area contributed by atoms with Gasteiger partial charge in [-0.1, -0.05) is 25.1 Å². The normalized spacial score (nSPS) is 11.0. The van der Waals surface area contributed by atoms with E-state index in [1.807, 2.05) is 37.3 Å². The van der Waals surface area contributed by atoms with Crippen molar-refractivity contribution in [3.63, 3.8) is 0 Å². The summed E-state index contributed by atoms with van der Waals surface area (Å²) >= 11 is 0. The van der Waals surface area contributed by atoms with Gasteiger partial charge in [-0.05, 0) is 12.1 Å². The van der Waals surface area contributed by atoms with Crippen molar-refractivity contribution in [2.75, 3.05) is 5.32 Å². The van der Waals surface area contributed by atoms with Crippen LogP contribution in [0.5, 0.6) is 0 Å². The molecule has 0 spiro atoms. The molecule has 0 unspecified atom stereocenters. The number of hydrogen-bond donors (Lipinski definition) is 2. The molecule has 13 heavy (non-hydrogen) atoms. The summed E-state index contributed by atoms with van der Waals surface area (Å²) in [6.07, 6.45) is 1.85. The van der Waals surface area contributed by atoms with Crippen molar-refractivity contribution in [1.82, 2.24) is 0 Å². The van der Waals surface area contributed by atoms with Crippen molar-refractivity contribution in [3.8, 4) is 0 Å². The van der Waals surface area contributed by atoms with E-state index in [-0.39, 0.29) is 0 Å². The van der Waals surface area contributed by atoms with Gasteiger partial charge in [-0.15, -0.1) is 0 Å². The Morgan fingerprint density at radius 1 is 1.46 bits per heavy atom. The lowest BCUT2D eigenvalue weighted by Gasteiger charge is -2.05. The second-order valence-corrected chi connectivity index (χ2v) is 2.55. The smallest absolute Gasteiger partial charge is 0.109 e. The molecule has 0 aliphatic heterocycles. The molecule has 0 aliphatic rings. The molecule has 0 fully saturated rings. The second kappa shape index (κ2) is 5.09. The molecule has 0 bridgehead atoms. The monoisotopic (exact) mass is 175 g/mol. The number of anilines is 1. The molecule has 0 saturated heterocycles. The fourth-order valence-electron chi connectivity index (χ4n) is 0.978. The van der Waals surface area contributed by atoms with Gasteiger partial charge in [0.1, 0.15) is 12.2 Å². The third-order valence-corrected chi connectivity index (χ3v) is 1.62. The molecule has 1 aromatic rings. The van der Waals surface area contributed by atoms with Gasteiger partial charge < -0.3 is 5.32 Å². The van der Waals surface area contributed by atoms with E-state index in [4.69, 9.17) is 5.41 Å². The van der Waals surface area contributed by atoms with Crippen LogP contribution in [0.1, 0.15) is 13.3 Å². The predicted molar refractivity (Wildman–Crippen MR) is 56.6 cm³/mol. The Bertz CT molecular complexity index is 290. The summed E-state index contributed by atoms with van der Waals surface area (Å²) in [7, 11) is 0. The zero-order chi connectivity index (χ0) is 9.52. The molecular formula is C10H13N3. The van der Waals surface area contributed by atoms with Crippen LogP contribution in [0, 0.1) is 5.41 Å². The molecule has 0 aliphatic carbocycles. The van der Waals surface area contributed by atoms with Crippen LogP contribution in [-0.2, 0) is 0 Å². The highest BCUT2D eigenvalue weighted by Gasteiger charge is 1.94. The second-order valence-electron chi connectivity index (χ2n) is 2.55. The number of para-hydroxylation sites is 1. The highest BCUT2D eigenvalue weighted by atomic mass is 15.0. The van der Waals surface area contributed by atoms with E-state index in [1.165, 1.54) is 0 Å². The molecule has 0 amide bonds. The van der Waals surface area contributed by atoms with Crippen molar-refractivity contribution < 1.29 is 0 Å². The lowest BCUT2D eigenvalue weighted by molar-refractivity contribution is 1.26. The van der Waals surface area contributed by atoms with Crippen LogP contribution in [-0.4, -0.2) is 12.2 Å². The summed E-state index contributed by atoms with van der Waals surface area (Å²) in [5.74, 6) is 0.807. The number of benzene rings is 1. The Morgan fingerprint density at radius 3 is 2.69 bits per heavy atom. The molecule has 0 aromatic heterocycles. The van der Waals surface area contributed by atoms with Crippen LogP contribution in [0.3, 0.4) is 0 Å². The lowest BCUT2D eigenvalue weighted by Crippen LogP contribution is -2.10. The van der Waals surface area contributed by atoms with Gasteiger partial charge in [0.15, 0.2) is 0 Å². The molecule has 2 N–H and O–H groups in total. The quantitative estimate of drug-likeness (QED) is 0.538. The van der Waals surface area contributed by atoms with Crippen molar-refractivity contribution >= 4 is 17.9 Å². The minimum absolute atomic E-state index is 0.796. The first kappa shape index (κ1) is 9.45. The van der Waals surface area contributed by atoms with Crippen LogP contribution < -0.4 is 5.32 Å². The first-order valence-electron chi connectivity index (χ1n) is 4.24. The molecule has 1 aromatic carbocycles. The maximum Gasteiger partial charge on any atom is 0.109 e. The summed E-state index contributed by atoms with van der Waals surface area (Å²) in [5.41, 5.74) is 1.00. The summed E-state index contributed by atoms with van der Waals surface area (Å²) in [5, 5.41) is 9.98. The van der Waals surface area contributed by atoms with Gasteiger partial charge in [-0.25, -0.2) is 4.99 Å². The van der Waals surface area contributed by atoms with Gasteiger partial charge in [0.2, 0.25) is 0 Å². The SMILES string of the molecule is CC/C(=N/C=N)Nc1ccccc1. The standard InChI is InChI=1S/C10H13N3/c1-2-10(12-8-11)13-9-6-4-3-5-7-9/h3-8H,2H2,1H3,(H2,11,12,13). The minimum atomic E-state index is 0.796. The minimum Gasteiger partial charge on any atom is -0.344 e. The van der Waals surface area contributed by atoms with Crippen molar-refractivity contribution in [2.45, 2.75) is 13.3 Å². The van der Waals surface area contributed by atoms with Gasteiger partial charge in [-0.2, -0.15) is 0 Å². The molecule has 0 atom stereocenters. The van der Waals surface area contributed by atoms with E-state index in [1.54, 1.807) is 0 Å². The Hall–Kier alpha value is -1.64. The highest BCUT2D eigenvalue weighted by Crippen LogP contribution is 2.05.